The molecule has 7 N–H and O–H groups in total. The van der Waals surface area contributed by atoms with Crippen molar-refractivity contribution in [2.45, 2.75) is 16.7 Å². The summed E-state index contributed by atoms with van der Waals surface area (Å²) < 4.78 is 68.2. The second-order valence-corrected chi connectivity index (χ2v) is 13.5. The highest BCUT2D eigenvalue weighted by Gasteiger charge is 2.21. The monoisotopic (exact) mass is 713 g/mol. The summed E-state index contributed by atoms with van der Waals surface area (Å²) in [5.74, 6) is -0.327. The first-order valence-corrected chi connectivity index (χ1v) is 17.1. The summed E-state index contributed by atoms with van der Waals surface area (Å²) in [7, 11) is -7.37. The summed E-state index contributed by atoms with van der Waals surface area (Å²) in [6.45, 7) is 2.51. The number of aromatic nitrogens is 3. The molecule has 0 bridgehead atoms. The van der Waals surface area contributed by atoms with E-state index in [0.29, 0.717) is 24.4 Å². The Morgan fingerprint density at radius 3 is 2.44 bits per heavy atom. The third-order valence-electron chi connectivity index (χ3n) is 6.72. The van der Waals surface area contributed by atoms with Gasteiger partial charge in [-0.25, -0.2) is 8.42 Å². The van der Waals surface area contributed by atoms with Gasteiger partial charge in [0.2, 0.25) is 17.2 Å². The van der Waals surface area contributed by atoms with Crippen molar-refractivity contribution in [1.82, 2.24) is 15.0 Å². The Morgan fingerprint density at radius 2 is 1.71 bits per heavy atom. The van der Waals surface area contributed by atoms with Crippen LogP contribution in [0.2, 0.25) is 5.28 Å². The number of sulfonamides is 1. The van der Waals surface area contributed by atoms with Gasteiger partial charge >= 0.3 is 0 Å². The number of phenols is 1. The minimum Gasteiger partial charge on any atom is -0.507 e. The summed E-state index contributed by atoms with van der Waals surface area (Å²) in [5, 5.41) is 25.1. The molecule has 0 aliphatic carbocycles. The molecule has 250 valence electrons. The number of aromatic hydroxyl groups is 1. The van der Waals surface area contributed by atoms with Crippen LogP contribution in [0.3, 0.4) is 0 Å². The highest BCUT2D eigenvalue weighted by Crippen LogP contribution is 2.41. The molecule has 0 amide bonds. The number of hydrogen-bond donors (Lipinski definition) is 6. The molecule has 4 aromatic carbocycles. The fourth-order valence-corrected chi connectivity index (χ4v) is 6.39. The van der Waals surface area contributed by atoms with Crippen LogP contribution >= 0.6 is 11.6 Å². The third kappa shape index (κ3) is 7.86. The molecule has 48 heavy (non-hydrogen) atoms. The number of phenolic OH excluding ortho intramolecular Hbond substituents is 1. The number of hydrogen-bond acceptors (Lipinski definition) is 14. The molecule has 19 heteroatoms. The van der Waals surface area contributed by atoms with Crippen LogP contribution in [-0.2, 0) is 24.9 Å². The van der Waals surface area contributed by atoms with Crippen LogP contribution in [0.4, 0.5) is 40.3 Å². The molecule has 1 aromatic heterocycles. The van der Waals surface area contributed by atoms with E-state index in [2.05, 4.69) is 40.5 Å². The zero-order valence-corrected chi connectivity index (χ0v) is 27.6. The van der Waals surface area contributed by atoms with Gasteiger partial charge in [0.25, 0.3) is 20.1 Å². The fourth-order valence-electron chi connectivity index (χ4n) is 4.44. The standard InChI is InChI=1S/C29H28ClN9O7S2/c1-16-5-3-4-6-21(16)39-47(41,42)19-13-17-7-9-20(31)26(25(17)23(40)15-19)38-37-22-14-18(8-10-24(22)48(43,44)45)33-29-35-27(30)34-28(36-29)32-11-12-46-2/h3-10,13-15,39-40H,11-12,31H2,1-2H3,(H,43,44,45)(H2,32,33,34,35,36). The molecule has 0 saturated carbocycles. The number of benzene rings is 4. The molecule has 0 saturated heterocycles. The summed E-state index contributed by atoms with van der Waals surface area (Å²) in [4.78, 5) is 11.4. The van der Waals surface area contributed by atoms with Gasteiger partial charge in [0.15, 0.2) is 0 Å². The van der Waals surface area contributed by atoms with Gasteiger partial charge in [-0.15, -0.1) is 10.2 Å². The van der Waals surface area contributed by atoms with Gasteiger partial charge in [-0.1, -0.05) is 24.3 Å². The van der Waals surface area contributed by atoms with Crippen molar-refractivity contribution >= 4 is 82.8 Å². The van der Waals surface area contributed by atoms with Gasteiger partial charge in [-0.05, 0) is 65.9 Å². The zero-order chi connectivity index (χ0) is 34.6. The lowest BCUT2D eigenvalue weighted by molar-refractivity contribution is 0.210. The molecule has 0 unspecified atom stereocenters. The van der Waals surface area contributed by atoms with E-state index in [0.717, 1.165) is 12.1 Å². The lowest BCUT2D eigenvalue weighted by Crippen LogP contribution is -2.13. The van der Waals surface area contributed by atoms with Gasteiger partial charge in [-0.2, -0.15) is 23.4 Å². The van der Waals surface area contributed by atoms with Crippen molar-refractivity contribution in [3.63, 3.8) is 0 Å². The molecule has 0 radical (unpaired) electrons. The number of fused-ring (bicyclic) bond motifs is 1. The number of nitrogens with two attached hydrogens (primary N) is 1. The third-order valence-corrected chi connectivity index (χ3v) is 9.14. The summed E-state index contributed by atoms with van der Waals surface area (Å²) in [6.07, 6.45) is 0. The summed E-state index contributed by atoms with van der Waals surface area (Å²) >= 11 is 6.03. The van der Waals surface area contributed by atoms with Crippen LogP contribution < -0.4 is 21.1 Å². The predicted octanol–water partition coefficient (Wildman–Crippen LogP) is 5.54. The smallest absolute Gasteiger partial charge is 0.296 e. The Balaban J connectivity index is 1.51. The highest BCUT2D eigenvalue weighted by atomic mass is 35.5. The fraction of sp³-hybridized carbons (Fsp3) is 0.138. The van der Waals surface area contributed by atoms with Crippen LogP contribution in [0, 0.1) is 6.92 Å². The Labute approximate surface area is 279 Å². The molecular weight excluding hydrogens is 686 g/mol. The van der Waals surface area contributed by atoms with Crippen molar-refractivity contribution in [2.75, 3.05) is 41.4 Å². The molecule has 0 aliphatic rings. The first kappa shape index (κ1) is 34.2. The number of para-hydroxylation sites is 1. The Kier molecular flexibility index (Phi) is 9.92. The van der Waals surface area contributed by atoms with Crippen molar-refractivity contribution in [3.8, 4) is 5.75 Å². The minimum atomic E-state index is -4.79. The lowest BCUT2D eigenvalue weighted by Gasteiger charge is -2.13. The van der Waals surface area contributed by atoms with Crippen LogP contribution in [0.5, 0.6) is 5.75 Å². The highest BCUT2D eigenvalue weighted by molar-refractivity contribution is 7.92. The predicted molar refractivity (Wildman–Crippen MR) is 181 cm³/mol. The Bertz CT molecular complexity index is 2270. The molecule has 5 rings (SSSR count). The quantitative estimate of drug-likeness (QED) is 0.0403. The number of ether oxygens (including phenoxy) is 1. The number of anilines is 5. The molecule has 0 aliphatic heterocycles. The van der Waals surface area contributed by atoms with Gasteiger partial charge in [-0.3, -0.25) is 9.27 Å². The zero-order valence-electron chi connectivity index (χ0n) is 25.2. The average molecular weight is 714 g/mol. The maximum atomic E-state index is 13.2. The van der Waals surface area contributed by atoms with E-state index in [1.807, 2.05) is 0 Å². The molecule has 5 aromatic rings. The van der Waals surface area contributed by atoms with Crippen LogP contribution in [0.15, 0.2) is 86.7 Å². The lowest BCUT2D eigenvalue weighted by atomic mass is 10.1. The second kappa shape index (κ2) is 13.9. The number of methoxy groups -OCH3 is 1. The van der Waals surface area contributed by atoms with Gasteiger partial charge < -0.3 is 26.2 Å². The normalized spacial score (nSPS) is 12.0. The van der Waals surface area contributed by atoms with Crippen molar-refractivity contribution in [3.05, 3.63) is 77.6 Å². The average Bonchev–Trinajstić information content (AvgIpc) is 3.01. The molecule has 0 spiro atoms. The number of halogens is 1. The number of rotatable bonds is 12. The van der Waals surface area contributed by atoms with Crippen molar-refractivity contribution in [2.24, 2.45) is 10.2 Å². The van der Waals surface area contributed by atoms with E-state index in [1.54, 1.807) is 31.2 Å². The van der Waals surface area contributed by atoms with E-state index in [9.17, 15) is 26.5 Å². The maximum absolute atomic E-state index is 13.2. The van der Waals surface area contributed by atoms with Crippen LogP contribution in [-0.4, -0.2) is 61.7 Å². The van der Waals surface area contributed by atoms with E-state index >= 15 is 0 Å². The van der Waals surface area contributed by atoms with Crippen LogP contribution in [0.25, 0.3) is 10.8 Å². The topological polar surface area (TPSA) is 243 Å². The van der Waals surface area contributed by atoms with E-state index in [-0.39, 0.29) is 55.6 Å². The summed E-state index contributed by atoms with van der Waals surface area (Å²) in [5.41, 5.74) is 7.08. The number of aryl methyl sites for hydroxylation is 1. The van der Waals surface area contributed by atoms with E-state index in [4.69, 9.17) is 22.1 Å². The second-order valence-electron chi connectivity index (χ2n) is 10.1. The first-order valence-electron chi connectivity index (χ1n) is 13.8. The van der Waals surface area contributed by atoms with E-state index < -0.39 is 30.8 Å². The number of azo groups is 1. The van der Waals surface area contributed by atoms with Gasteiger partial charge in [0, 0.05) is 25.4 Å². The van der Waals surface area contributed by atoms with E-state index in [1.165, 1.54) is 37.4 Å². The summed E-state index contributed by atoms with van der Waals surface area (Å²) in [6, 6.07) is 15.7. The molecule has 0 atom stereocenters. The van der Waals surface area contributed by atoms with Gasteiger partial charge in [0.05, 0.1) is 28.3 Å². The van der Waals surface area contributed by atoms with Gasteiger partial charge in [0.1, 0.15) is 22.0 Å². The minimum absolute atomic E-state index is 0.00306. The Hall–Kier alpha value is -5.14. The van der Waals surface area contributed by atoms with Crippen molar-refractivity contribution < 1.29 is 31.2 Å². The maximum Gasteiger partial charge on any atom is 0.296 e. The number of nitrogen functional groups attached to an aromatic ring is 1. The molecule has 16 nitrogen and oxygen atoms in total. The molecule has 1 heterocycles. The largest absolute Gasteiger partial charge is 0.507 e. The van der Waals surface area contributed by atoms with Crippen LogP contribution in [0.1, 0.15) is 5.56 Å². The molecule has 0 fully saturated rings. The number of nitrogens with zero attached hydrogens (tertiary/aromatic N) is 5. The molecular formula is C29H28ClN9O7S2. The SMILES string of the molecule is COCCNc1nc(Cl)nc(Nc2ccc(S(=O)(=O)O)c(N=Nc3c(N)ccc4cc(S(=O)(=O)Nc5ccccc5C)cc(O)c34)c2)n1. The Morgan fingerprint density at radius 1 is 0.958 bits per heavy atom. The first-order chi connectivity index (χ1) is 22.7. The number of nitrogens with one attached hydrogen (secondary N) is 3. The van der Waals surface area contributed by atoms with Crippen molar-refractivity contribution in [1.29, 1.82) is 0 Å².